The van der Waals surface area contributed by atoms with Crippen molar-refractivity contribution in [1.29, 1.82) is 0 Å². The van der Waals surface area contributed by atoms with E-state index < -0.39 is 12.4 Å². The van der Waals surface area contributed by atoms with Gasteiger partial charge in [0.2, 0.25) is 0 Å². The van der Waals surface area contributed by atoms with Gasteiger partial charge in [-0.15, -0.1) is 0 Å². The summed E-state index contributed by atoms with van der Waals surface area (Å²) in [5.74, 6) is -0.411. The molecule has 0 aliphatic carbocycles. The number of nitrogens with zero attached hydrogens (tertiary/aromatic N) is 1. The van der Waals surface area contributed by atoms with Crippen LogP contribution in [0.25, 0.3) is 0 Å². The van der Waals surface area contributed by atoms with E-state index in [0.717, 1.165) is 0 Å². The van der Waals surface area contributed by atoms with Crippen molar-refractivity contribution in [3.8, 4) is 0 Å². The Morgan fingerprint density at radius 3 is 2.78 bits per heavy atom. The predicted molar refractivity (Wildman–Crippen MR) is 74.9 cm³/mol. The fourth-order valence-corrected chi connectivity index (χ4v) is 2.78. The van der Waals surface area contributed by atoms with E-state index >= 15 is 0 Å². The highest BCUT2D eigenvalue weighted by atomic mass is 127. The molecule has 0 N–H and O–H groups in total. The van der Waals surface area contributed by atoms with Gasteiger partial charge >= 0.3 is 5.97 Å². The van der Waals surface area contributed by atoms with Crippen LogP contribution < -0.4 is 0 Å². The molecule has 1 rings (SSSR count). The van der Waals surface area contributed by atoms with E-state index in [1.807, 2.05) is 0 Å². The van der Waals surface area contributed by atoms with E-state index in [1.54, 1.807) is 29.5 Å². The number of pyridine rings is 1. The van der Waals surface area contributed by atoms with Gasteiger partial charge < -0.3 is 4.74 Å². The minimum absolute atomic E-state index is 0.00659. The Kier molecular flexibility index (Phi) is 6.40. The Morgan fingerprint density at radius 1 is 1.61 bits per heavy atom. The third-order valence-electron chi connectivity index (χ3n) is 2.14. The Balaban J connectivity index is 3.03. The summed E-state index contributed by atoms with van der Waals surface area (Å²) < 4.78 is 30.7. The first-order valence-electron chi connectivity index (χ1n) is 5.17. The molecule has 0 unspecified atom stereocenters. The zero-order valence-electron chi connectivity index (χ0n) is 9.55. The molecule has 100 valence electrons. The molecule has 0 aliphatic rings. The lowest BCUT2D eigenvalue weighted by Gasteiger charge is -2.11. The molecule has 0 saturated carbocycles. The summed E-state index contributed by atoms with van der Waals surface area (Å²) in [6, 6.07) is 1.51. The summed E-state index contributed by atoms with van der Waals surface area (Å²) in [6.45, 7) is 2.00. The van der Waals surface area contributed by atoms with Gasteiger partial charge in [0.1, 0.15) is 3.70 Å². The van der Waals surface area contributed by atoms with Crippen LogP contribution in [0.5, 0.6) is 0 Å². The van der Waals surface area contributed by atoms with E-state index in [1.165, 1.54) is 6.07 Å². The normalized spacial score (nSPS) is 10.8. The number of hydrogen-bond acceptors (Lipinski definition) is 3. The van der Waals surface area contributed by atoms with Crippen molar-refractivity contribution in [2.24, 2.45) is 0 Å². The summed E-state index contributed by atoms with van der Waals surface area (Å²) in [5, 5.41) is 0.293. The van der Waals surface area contributed by atoms with Gasteiger partial charge in [-0.05, 0) is 41.1 Å². The first-order chi connectivity index (χ1) is 8.49. The molecule has 1 heterocycles. The van der Waals surface area contributed by atoms with Crippen molar-refractivity contribution in [2.75, 3.05) is 6.61 Å². The molecule has 0 radical (unpaired) electrons. The number of carbonyl (C=O) groups is 1. The maximum absolute atomic E-state index is 12.8. The van der Waals surface area contributed by atoms with Crippen LogP contribution >= 0.6 is 38.5 Å². The van der Waals surface area contributed by atoms with Crippen LogP contribution in [0, 0.1) is 3.70 Å². The van der Waals surface area contributed by atoms with Crippen LogP contribution in [-0.4, -0.2) is 17.6 Å². The molecule has 18 heavy (non-hydrogen) atoms. The average Bonchev–Trinajstić information content (AvgIpc) is 2.27. The molecule has 0 spiro atoms. The zero-order valence-corrected chi connectivity index (χ0v) is 13.3. The van der Waals surface area contributed by atoms with Crippen molar-refractivity contribution in [1.82, 2.24) is 4.98 Å². The monoisotopic (exact) mass is 433 g/mol. The van der Waals surface area contributed by atoms with Crippen molar-refractivity contribution in [3.05, 3.63) is 26.6 Å². The molecule has 0 fully saturated rings. The van der Waals surface area contributed by atoms with Gasteiger partial charge in [0, 0.05) is 5.33 Å². The van der Waals surface area contributed by atoms with Crippen LogP contribution in [0.2, 0.25) is 0 Å². The molecular weight excluding hydrogens is 423 g/mol. The van der Waals surface area contributed by atoms with Gasteiger partial charge in [0.15, 0.2) is 0 Å². The minimum atomic E-state index is -2.58. The third-order valence-corrected chi connectivity index (χ3v) is 3.57. The summed E-state index contributed by atoms with van der Waals surface area (Å²) in [7, 11) is 0. The lowest BCUT2D eigenvalue weighted by molar-refractivity contribution is -0.142. The highest BCUT2D eigenvalue weighted by molar-refractivity contribution is 14.1. The molecule has 0 aliphatic heterocycles. The molecule has 0 bridgehead atoms. The molecular formula is C11H11BrF2INO2. The molecule has 0 aromatic carbocycles. The quantitative estimate of drug-likeness (QED) is 0.308. The molecule has 0 saturated heterocycles. The Bertz CT molecular complexity index is 443. The number of carbonyl (C=O) groups excluding carboxylic acids is 1. The van der Waals surface area contributed by atoms with Gasteiger partial charge in [-0.3, -0.25) is 4.79 Å². The fraction of sp³-hybridized carbons (Fsp3) is 0.455. The molecule has 0 amide bonds. The van der Waals surface area contributed by atoms with Crippen molar-refractivity contribution in [3.63, 3.8) is 0 Å². The van der Waals surface area contributed by atoms with E-state index in [0.29, 0.717) is 16.6 Å². The largest absolute Gasteiger partial charge is 0.466 e. The van der Waals surface area contributed by atoms with Gasteiger partial charge in [-0.1, -0.05) is 15.9 Å². The minimum Gasteiger partial charge on any atom is -0.466 e. The van der Waals surface area contributed by atoms with Crippen LogP contribution in [0.4, 0.5) is 8.78 Å². The smallest absolute Gasteiger partial charge is 0.311 e. The third kappa shape index (κ3) is 4.11. The Hall–Kier alpha value is -0.310. The van der Waals surface area contributed by atoms with Crippen LogP contribution in [0.15, 0.2) is 6.07 Å². The van der Waals surface area contributed by atoms with Crippen molar-refractivity contribution < 1.29 is 18.3 Å². The fourth-order valence-electron chi connectivity index (χ4n) is 1.42. The standard InChI is InChI=1S/C11H11BrF2INO2/c1-2-18-8(17)4-7-3-6(5-12)9(10(13)14)11(15)16-7/h3,10H,2,4-5H2,1H3. The topological polar surface area (TPSA) is 39.2 Å². The number of hydrogen-bond donors (Lipinski definition) is 0. The molecule has 1 aromatic heterocycles. The second-order valence-corrected chi connectivity index (χ2v) is 4.98. The first kappa shape index (κ1) is 15.7. The van der Waals surface area contributed by atoms with E-state index in [2.05, 4.69) is 20.9 Å². The first-order valence-corrected chi connectivity index (χ1v) is 7.37. The lowest BCUT2D eigenvalue weighted by Crippen LogP contribution is -2.11. The molecule has 7 heteroatoms. The zero-order chi connectivity index (χ0) is 13.7. The average molecular weight is 434 g/mol. The van der Waals surface area contributed by atoms with Crippen LogP contribution in [-0.2, 0) is 21.3 Å². The summed E-state index contributed by atoms with van der Waals surface area (Å²) in [6.07, 6.45) is -2.58. The number of esters is 1. The lowest BCUT2D eigenvalue weighted by atomic mass is 10.1. The van der Waals surface area contributed by atoms with Crippen LogP contribution in [0.3, 0.4) is 0 Å². The Labute approximate surface area is 126 Å². The SMILES string of the molecule is CCOC(=O)Cc1cc(CBr)c(C(F)F)c(I)n1. The Morgan fingerprint density at radius 2 is 2.28 bits per heavy atom. The second-order valence-electron chi connectivity index (χ2n) is 3.39. The van der Waals surface area contributed by atoms with Crippen LogP contribution in [0.1, 0.15) is 30.2 Å². The maximum atomic E-state index is 12.8. The summed E-state index contributed by atoms with van der Waals surface area (Å²) >= 11 is 4.92. The van der Waals surface area contributed by atoms with E-state index in [9.17, 15) is 13.6 Å². The number of ether oxygens (including phenoxy) is 1. The van der Waals surface area contributed by atoms with E-state index in [4.69, 9.17) is 4.74 Å². The highest BCUT2D eigenvalue weighted by Gasteiger charge is 2.19. The second kappa shape index (κ2) is 7.32. The van der Waals surface area contributed by atoms with Gasteiger partial charge in [-0.2, -0.15) is 0 Å². The van der Waals surface area contributed by atoms with Gasteiger partial charge in [0.05, 0.1) is 24.3 Å². The van der Waals surface area contributed by atoms with Gasteiger partial charge in [0.25, 0.3) is 6.43 Å². The number of alkyl halides is 3. The van der Waals surface area contributed by atoms with Crippen molar-refractivity contribution >= 4 is 44.5 Å². The van der Waals surface area contributed by atoms with Crippen molar-refractivity contribution in [2.45, 2.75) is 25.1 Å². The number of aromatic nitrogens is 1. The highest BCUT2D eigenvalue weighted by Crippen LogP contribution is 2.29. The van der Waals surface area contributed by atoms with Gasteiger partial charge in [-0.25, -0.2) is 13.8 Å². The number of rotatable bonds is 5. The maximum Gasteiger partial charge on any atom is 0.311 e. The predicted octanol–water partition coefficient (Wildman–Crippen LogP) is 3.62. The summed E-state index contributed by atoms with van der Waals surface area (Å²) in [4.78, 5) is 15.3. The molecule has 1 aromatic rings. The molecule has 3 nitrogen and oxygen atoms in total. The summed E-state index contributed by atoms with van der Waals surface area (Å²) in [5.41, 5.74) is 0.806. The number of halogens is 4. The molecule has 0 atom stereocenters. The van der Waals surface area contributed by atoms with E-state index in [-0.39, 0.29) is 22.3 Å².